The van der Waals surface area contributed by atoms with Crippen LogP contribution in [0.5, 0.6) is 0 Å². The number of hydrogen-bond acceptors (Lipinski definition) is 6. The van der Waals surface area contributed by atoms with Crippen molar-refractivity contribution in [2.24, 2.45) is 11.8 Å². The lowest BCUT2D eigenvalue weighted by Crippen LogP contribution is -2.55. The third kappa shape index (κ3) is 11.2. The maximum Gasteiger partial charge on any atom is 0.315 e. The molecule has 64 heavy (non-hydrogen) atoms. The number of nitrogens with one attached hydrogen (secondary N) is 6. The van der Waals surface area contributed by atoms with Gasteiger partial charge in [0.1, 0.15) is 6.04 Å². The minimum atomic E-state index is -1.02. The Labute approximate surface area is 374 Å². The van der Waals surface area contributed by atoms with Gasteiger partial charge in [0, 0.05) is 73.2 Å². The lowest BCUT2D eigenvalue weighted by Gasteiger charge is -2.20. The van der Waals surface area contributed by atoms with Crippen molar-refractivity contribution < 1.29 is 28.8 Å². The van der Waals surface area contributed by atoms with Crippen LogP contribution in [0.1, 0.15) is 107 Å². The predicted molar refractivity (Wildman–Crippen MR) is 243 cm³/mol. The molecule has 4 aromatic rings. The zero-order chi connectivity index (χ0) is 44.6. The zero-order valence-corrected chi connectivity index (χ0v) is 36.3. The molecule has 0 aromatic heterocycles. The number of hydrogen-bond donors (Lipinski definition) is 6. The Morgan fingerprint density at radius 2 is 1.03 bits per heavy atom. The summed E-state index contributed by atoms with van der Waals surface area (Å²) >= 11 is 0. The Morgan fingerprint density at radius 1 is 0.562 bits per heavy atom. The number of likely N-dealkylation sites (tertiary alicyclic amines) is 1. The van der Waals surface area contributed by atoms with Crippen molar-refractivity contribution in [2.45, 2.75) is 93.8 Å². The monoisotopic (exact) mass is 865 g/mol. The highest BCUT2D eigenvalue weighted by molar-refractivity contribution is 5.99. The lowest BCUT2D eigenvalue weighted by molar-refractivity contribution is -0.133. The highest BCUT2D eigenvalue weighted by atomic mass is 16.2. The standard InChI is InChI=1S/C51H59N7O6/c1-2-3-4-14-25-52-49(62)45(57-51(64)56-44-28-39(44)34-19-12-7-13-20-34)29-53-46(59)35-21-23-36(24-22-35)50(63)58-30-40(47(60)54-42-26-37(42)32-15-8-5-9-16-32)41(31-58)48(61)55-43-27-38(43)33-17-10-6-11-18-33/h5-13,15-24,37-45H,2-4,14,25-31H2,1H3,(H,52,62)(H,53,59)(H,54,60)(H,55,61)(H2,56,57,64)/t37-,38-,39-,40-,41-,42+,43+,44+,45+/m1/s1. The molecule has 0 radical (unpaired) electrons. The van der Waals surface area contributed by atoms with Crippen molar-refractivity contribution in [3.8, 4) is 0 Å². The number of benzene rings is 4. The third-order valence-corrected chi connectivity index (χ3v) is 13.1. The maximum absolute atomic E-state index is 14.0. The first-order chi connectivity index (χ1) is 31.2. The predicted octanol–water partition coefficient (Wildman–Crippen LogP) is 5.37. The summed E-state index contributed by atoms with van der Waals surface area (Å²) in [7, 11) is 0. The average molecular weight is 866 g/mol. The highest BCUT2D eigenvalue weighted by Crippen LogP contribution is 2.43. The third-order valence-electron chi connectivity index (χ3n) is 13.1. The van der Waals surface area contributed by atoms with Crippen LogP contribution in [0.2, 0.25) is 0 Å². The van der Waals surface area contributed by atoms with Gasteiger partial charge in [-0.05, 0) is 66.6 Å². The van der Waals surface area contributed by atoms with Crippen LogP contribution in [-0.2, 0) is 14.4 Å². The Kier molecular flexibility index (Phi) is 14.0. The van der Waals surface area contributed by atoms with Gasteiger partial charge in [-0.3, -0.25) is 24.0 Å². The Bertz CT molecular complexity index is 2200. The second kappa shape index (κ2) is 20.3. The van der Waals surface area contributed by atoms with Gasteiger partial charge in [0.2, 0.25) is 17.7 Å². The first-order valence-electron chi connectivity index (χ1n) is 22.9. The second-order valence-corrected chi connectivity index (χ2v) is 17.8. The van der Waals surface area contributed by atoms with E-state index in [0.717, 1.165) is 61.6 Å². The molecular formula is C51H59N7O6. The van der Waals surface area contributed by atoms with E-state index in [9.17, 15) is 28.8 Å². The van der Waals surface area contributed by atoms with Crippen LogP contribution in [-0.4, -0.2) is 90.8 Å². The molecule has 0 unspecified atom stereocenters. The molecule has 8 rings (SSSR count). The van der Waals surface area contributed by atoms with Crippen LogP contribution < -0.4 is 31.9 Å². The molecule has 4 aromatic carbocycles. The number of amides is 7. The minimum Gasteiger partial charge on any atom is -0.354 e. The van der Waals surface area contributed by atoms with Gasteiger partial charge in [0.15, 0.2) is 0 Å². The topological polar surface area (TPSA) is 178 Å². The fourth-order valence-electron chi connectivity index (χ4n) is 9.06. The maximum atomic E-state index is 14.0. The fraction of sp³-hybridized carbons (Fsp3) is 0.412. The summed E-state index contributed by atoms with van der Waals surface area (Å²) in [5.41, 5.74) is 4.03. The SMILES string of the molecule is CCCCCCNC(=O)[C@H](CNC(=O)c1ccc(C(=O)N2C[C@@H](C(=O)N[C@H]3C[C@@H]3c3ccccc3)[C@H](C(=O)N[C@H]3C[C@@H]3c3ccccc3)C2)cc1)NC(=O)N[C@H]1C[C@@H]1c1ccccc1. The van der Waals surface area contributed by atoms with Crippen LogP contribution in [0.15, 0.2) is 115 Å². The van der Waals surface area contributed by atoms with Gasteiger partial charge in [0.05, 0.1) is 11.8 Å². The summed E-state index contributed by atoms with van der Waals surface area (Å²) in [6, 6.07) is 34.6. The molecule has 0 spiro atoms. The summed E-state index contributed by atoms with van der Waals surface area (Å²) < 4.78 is 0. The van der Waals surface area contributed by atoms with Crippen LogP contribution >= 0.6 is 0 Å². The molecule has 1 aliphatic heterocycles. The average Bonchev–Trinajstić information content (AvgIpc) is 4.29. The number of nitrogens with zero attached hydrogens (tertiary/aromatic N) is 1. The van der Waals surface area contributed by atoms with E-state index in [-0.39, 0.29) is 78.8 Å². The van der Waals surface area contributed by atoms with Gasteiger partial charge in [-0.25, -0.2) is 4.79 Å². The molecule has 4 aliphatic rings. The van der Waals surface area contributed by atoms with Crippen molar-refractivity contribution in [3.05, 3.63) is 143 Å². The molecule has 13 nitrogen and oxygen atoms in total. The normalized spacial score (nSPS) is 24.4. The number of urea groups is 1. The molecule has 1 saturated heterocycles. The van der Waals surface area contributed by atoms with E-state index in [1.807, 2.05) is 66.7 Å². The van der Waals surface area contributed by atoms with Crippen molar-refractivity contribution >= 4 is 35.6 Å². The molecule has 3 saturated carbocycles. The first kappa shape index (κ1) is 44.1. The molecule has 13 heteroatoms. The lowest BCUT2D eigenvalue weighted by atomic mass is 9.94. The van der Waals surface area contributed by atoms with Crippen LogP contribution in [0.4, 0.5) is 4.79 Å². The summed E-state index contributed by atoms with van der Waals surface area (Å²) in [5, 5.41) is 17.7. The smallest absolute Gasteiger partial charge is 0.315 e. The molecule has 1 heterocycles. The van der Waals surface area contributed by atoms with E-state index in [2.05, 4.69) is 63.1 Å². The van der Waals surface area contributed by atoms with Crippen LogP contribution in [0.3, 0.4) is 0 Å². The van der Waals surface area contributed by atoms with Crippen LogP contribution in [0, 0.1) is 11.8 Å². The van der Waals surface area contributed by atoms with E-state index in [1.54, 1.807) is 17.0 Å². The molecule has 6 N–H and O–H groups in total. The van der Waals surface area contributed by atoms with Gasteiger partial charge in [-0.15, -0.1) is 0 Å². The van der Waals surface area contributed by atoms with Crippen LogP contribution in [0.25, 0.3) is 0 Å². The van der Waals surface area contributed by atoms with Gasteiger partial charge >= 0.3 is 6.03 Å². The van der Waals surface area contributed by atoms with E-state index in [1.165, 1.54) is 12.1 Å². The Hall–Kier alpha value is -6.50. The molecule has 7 amide bonds. The van der Waals surface area contributed by atoms with E-state index >= 15 is 0 Å². The van der Waals surface area contributed by atoms with Crippen molar-refractivity contribution in [2.75, 3.05) is 26.2 Å². The first-order valence-corrected chi connectivity index (χ1v) is 22.9. The van der Waals surface area contributed by atoms with E-state index < -0.39 is 35.7 Å². The number of rotatable bonds is 19. The Balaban J connectivity index is 0.876. The number of unbranched alkanes of at least 4 members (excludes halogenated alkanes) is 3. The van der Waals surface area contributed by atoms with Gasteiger partial charge in [0.25, 0.3) is 11.8 Å². The highest BCUT2D eigenvalue weighted by Gasteiger charge is 2.49. The van der Waals surface area contributed by atoms with E-state index in [0.29, 0.717) is 12.1 Å². The van der Waals surface area contributed by atoms with Crippen molar-refractivity contribution in [1.82, 2.24) is 36.8 Å². The van der Waals surface area contributed by atoms with Crippen molar-refractivity contribution in [3.63, 3.8) is 0 Å². The number of carbonyl (C=O) groups is 6. The Morgan fingerprint density at radius 3 is 1.52 bits per heavy atom. The fourth-order valence-corrected chi connectivity index (χ4v) is 9.06. The zero-order valence-electron chi connectivity index (χ0n) is 36.3. The largest absolute Gasteiger partial charge is 0.354 e. The summed E-state index contributed by atoms with van der Waals surface area (Å²) in [5.74, 6) is -2.52. The van der Waals surface area contributed by atoms with Crippen molar-refractivity contribution in [1.29, 1.82) is 0 Å². The molecule has 0 bridgehead atoms. The molecule has 334 valence electrons. The van der Waals surface area contributed by atoms with Gasteiger partial charge in [-0.2, -0.15) is 0 Å². The summed E-state index contributed by atoms with van der Waals surface area (Å²) in [4.78, 5) is 83.1. The molecule has 4 fully saturated rings. The quantitative estimate of drug-likeness (QED) is 0.0691. The number of carbonyl (C=O) groups excluding carboxylic acids is 6. The molecular weight excluding hydrogens is 807 g/mol. The summed E-state index contributed by atoms with van der Waals surface area (Å²) in [6.45, 7) is 2.58. The summed E-state index contributed by atoms with van der Waals surface area (Å²) in [6.07, 6.45) is 6.34. The molecule has 9 atom stereocenters. The van der Waals surface area contributed by atoms with Gasteiger partial charge in [-0.1, -0.05) is 117 Å². The van der Waals surface area contributed by atoms with Gasteiger partial charge < -0.3 is 36.8 Å². The van der Waals surface area contributed by atoms with E-state index in [4.69, 9.17) is 0 Å². The minimum absolute atomic E-state index is 0.0310. The molecule has 3 aliphatic carbocycles. The second-order valence-electron chi connectivity index (χ2n) is 17.8.